The molecule has 100 valence electrons. The monoisotopic (exact) mass is 306 g/mol. The van der Waals surface area contributed by atoms with Gasteiger partial charge < -0.3 is 14.4 Å². The maximum Gasteiger partial charge on any atom is 0.0829 e. The third-order valence-electron chi connectivity index (χ3n) is 3.59. The Bertz CT molecular complexity index is 243. The van der Waals surface area contributed by atoms with E-state index in [0.717, 1.165) is 44.7 Å². The highest BCUT2D eigenvalue weighted by molar-refractivity contribution is 9.09. The number of hydrogen-bond donors (Lipinski definition) is 0. The Morgan fingerprint density at radius 2 is 2.06 bits per heavy atom. The van der Waals surface area contributed by atoms with Gasteiger partial charge in [0.2, 0.25) is 0 Å². The number of ether oxygens (including phenoxy) is 2. The van der Waals surface area contributed by atoms with Crippen molar-refractivity contribution in [3.05, 3.63) is 0 Å². The second kappa shape index (κ2) is 6.48. The Morgan fingerprint density at radius 3 is 2.76 bits per heavy atom. The second-order valence-electron chi connectivity index (χ2n) is 5.17. The van der Waals surface area contributed by atoms with Crippen molar-refractivity contribution in [2.45, 2.75) is 25.2 Å². The van der Waals surface area contributed by atoms with Crippen LogP contribution in [0.25, 0.3) is 0 Å². The summed E-state index contributed by atoms with van der Waals surface area (Å²) in [4.78, 5) is 4.85. The van der Waals surface area contributed by atoms with E-state index >= 15 is 0 Å². The molecular weight excluding hydrogens is 284 g/mol. The van der Waals surface area contributed by atoms with E-state index in [-0.39, 0.29) is 0 Å². The summed E-state index contributed by atoms with van der Waals surface area (Å²) in [5, 5.41) is 0.918. The average molecular weight is 307 g/mol. The van der Waals surface area contributed by atoms with E-state index in [1.165, 1.54) is 0 Å². The molecule has 4 nitrogen and oxygen atoms in total. The lowest BCUT2D eigenvalue weighted by atomic mass is 10.1. The van der Waals surface area contributed by atoms with Crippen molar-refractivity contribution < 1.29 is 9.47 Å². The van der Waals surface area contributed by atoms with E-state index < -0.39 is 0 Å². The summed E-state index contributed by atoms with van der Waals surface area (Å²) >= 11 is 3.50. The summed E-state index contributed by atoms with van der Waals surface area (Å²) in [5.41, 5.74) is 0. The zero-order valence-corrected chi connectivity index (χ0v) is 12.4. The first-order valence-corrected chi connectivity index (χ1v) is 7.53. The predicted octanol–water partition coefficient (Wildman–Crippen LogP) is 0.801. The van der Waals surface area contributed by atoms with Crippen LogP contribution in [0.2, 0.25) is 0 Å². The minimum atomic E-state index is 0.326. The Balaban J connectivity index is 1.83. The lowest BCUT2D eigenvalue weighted by Gasteiger charge is -2.41. The molecule has 0 radical (unpaired) electrons. The van der Waals surface area contributed by atoms with Gasteiger partial charge in [-0.25, -0.2) is 0 Å². The average Bonchev–Trinajstić information content (AvgIpc) is 2.32. The first kappa shape index (κ1) is 13.7. The fourth-order valence-electron chi connectivity index (χ4n) is 2.46. The van der Waals surface area contributed by atoms with E-state index in [1.54, 1.807) is 0 Å². The molecule has 0 aromatic heterocycles. The number of nitrogens with zero attached hydrogens (tertiary/aromatic N) is 2. The normalized spacial score (nSPS) is 37.2. The molecule has 2 heterocycles. The molecule has 0 spiro atoms. The SMILES string of the molecule is CC1COC(CBr)CN1CC1CN(C)CCO1. The fraction of sp³-hybridized carbons (Fsp3) is 1.00. The van der Waals surface area contributed by atoms with Crippen molar-refractivity contribution in [1.82, 2.24) is 9.80 Å². The van der Waals surface area contributed by atoms with E-state index in [9.17, 15) is 0 Å². The van der Waals surface area contributed by atoms with Crippen molar-refractivity contribution in [3.63, 3.8) is 0 Å². The van der Waals surface area contributed by atoms with Crippen LogP contribution in [0.1, 0.15) is 6.92 Å². The minimum Gasteiger partial charge on any atom is -0.374 e. The Morgan fingerprint density at radius 1 is 1.24 bits per heavy atom. The molecule has 0 N–H and O–H groups in total. The lowest BCUT2D eigenvalue weighted by Crippen LogP contribution is -2.54. The van der Waals surface area contributed by atoms with Gasteiger partial charge in [-0.15, -0.1) is 0 Å². The molecule has 2 rings (SSSR count). The molecule has 3 atom stereocenters. The van der Waals surface area contributed by atoms with Gasteiger partial charge in [0, 0.05) is 37.6 Å². The molecule has 0 saturated carbocycles. The second-order valence-corrected chi connectivity index (χ2v) is 5.82. The van der Waals surface area contributed by atoms with Crippen molar-refractivity contribution in [3.8, 4) is 0 Å². The standard InChI is InChI=1S/C12H23BrN2O2/c1-10-9-17-11(5-13)7-15(10)8-12-6-14(2)3-4-16-12/h10-12H,3-9H2,1-2H3. The van der Waals surface area contributed by atoms with Crippen LogP contribution in [0.15, 0.2) is 0 Å². The van der Waals surface area contributed by atoms with Gasteiger partial charge >= 0.3 is 0 Å². The molecular formula is C12H23BrN2O2. The van der Waals surface area contributed by atoms with Gasteiger partial charge in [0.15, 0.2) is 0 Å². The number of alkyl halides is 1. The van der Waals surface area contributed by atoms with Gasteiger partial charge in [0.25, 0.3) is 0 Å². The van der Waals surface area contributed by atoms with E-state index in [4.69, 9.17) is 9.47 Å². The summed E-state index contributed by atoms with van der Waals surface area (Å²) < 4.78 is 11.6. The lowest BCUT2D eigenvalue weighted by molar-refractivity contribution is -0.0847. The Kier molecular flexibility index (Phi) is 5.24. The molecule has 2 aliphatic heterocycles. The van der Waals surface area contributed by atoms with Gasteiger partial charge in [-0.05, 0) is 14.0 Å². The van der Waals surface area contributed by atoms with Crippen LogP contribution in [0.4, 0.5) is 0 Å². The minimum absolute atomic E-state index is 0.326. The van der Waals surface area contributed by atoms with Gasteiger partial charge in [-0.2, -0.15) is 0 Å². The topological polar surface area (TPSA) is 24.9 Å². The molecule has 0 aromatic rings. The van der Waals surface area contributed by atoms with Crippen molar-refractivity contribution in [2.24, 2.45) is 0 Å². The molecule has 0 aliphatic carbocycles. The van der Waals surface area contributed by atoms with Crippen molar-refractivity contribution >= 4 is 15.9 Å². The Hall–Kier alpha value is 0.320. The van der Waals surface area contributed by atoms with Crippen molar-refractivity contribution in [2.75, 3.05) is 51.8 Å². The van der Waals surface area contributed by atoms with Crippen LogP contribution in [0.5, 0.6) is 0 Å². The fourth-order valence-corrected chi connectivity index (χ4v) is 2.85. The number of morpholine rings is 2. The zero-order chi connectivity index (χ0) is 12.3. The van der Waals surface area contributed by atoms with Crippen LogP contribution >= 0.6 is 15.9 Å². The van der Waals surface area contributed by atoms with Crippen LogP contribution in [-0.2, 0) is 9.47 Å². The first-order valence-electron chi connectivity index (χ1n) is 6.40. The quantitative estimate of drug-likeness (QED) is 0.720. The summed E-state index contributed by atoms with van der Waals surface area (Å²) in [6.45, 7) is 8.06. The van der Waals surface area contributed by atoms with Gasteiger partial charge in [-0.3, -0.25) is 4.90 Å². The molecule has 17 heavy (non-hydrogen) atoms. The third-order valence-corrected chi connectivity index (χ3v) is 4.31. The van der Waals surface area contributed by atoms with E-state index in [1.807, 2.05) is 0 Å². The maximum absolute atomic E-state index is 5.83. The van der Waals surface area contributed by atoms with Crippen LogP contribution < -0.4 is 0 Å². The maximum atomic E-state index is 5.83. The molecule has 0 bridgehead atoms. The molecule has 3 unspecified atom stereocenters. The highest BCUT2D eigenvalue weighted by Gasteiger charge is 2.29. The molecule has 2 aliphatic rings. The zero-order valence-electron chi connectivity index (χ0n) is 10.8. The smallest absolute Gasteiger partial charge is 0.0829 e. The van der Waals surface area contributed by atoms with Gasteiger partial charge in [-0.1, -0.05) is 15.9 Å². The van der Waals surface area contributed by atoms with Crippen LogP contribution in [-0.4, -0.2) is 79.8 Å². The number of halogens is 1. The molecule has 2 fully saturated rings. The molecule has 2 saturated heterocycles. The summed E-state index contributed by atoms with van der Waals surface area (Å²) in [7, 11) is 2.17. The first-order chi connectivity index (χ1) is 8.19. The van der Waals surface area contributed by atoms with E-state index in [0.29, 0.717) is 18.2 Å². The highest BCUT2D eigenvalue weighted by atomic mass is 79.9. The Labute approximate surface area is 112 Å². The molecule has 5 heteroatoms. The summed E-state index contributed by atoms with van der Waals surface area (Å²) in [5.74, 6) is 0. The summed E-state index contributed by atoms with van der Waals surface area (Å²) in [6.07, 6.45) is 0.679. The number of hydrogen-bond acceptors (Lipinski definition) is 4. The summed E-state index contributed by atoms with van der Waals surface area (Å²) in [6, 6.07) is 0.501. The highest BCUT2D eigenvalue weighted by Crippen LogP contribution is 2.15. The van der Waals surface area contributed by atoms with E-state index in [2.05, 4.69) is 39.7 Å². The van der Waals surface area contributed by atoms with Crippen molar-refractivity contribution in [1.29, 1.82) is 0 Å². The van der Waals surface area contributed by atoms with Gasteiger partial charge in [0.05, 0.1) is 25.4 Å². The molecule has 0 amide bonds. The largest absolute Gasteiger partial charge is 0.374 e. The predicted molar refractivity (Wildman–Crippen MR) is 71.8 cm³/mol. The van der Waals surface area contributed by atoms with Crippen LogP contribution in [0.3, 0.4) is 0 Å². The number of rotatable bonds is 3. The molecule has 0 aromatic carbocycles. The van der Waals surface area contributed by atoms with Crippen LogP contribution in [0, 0.1) is 0 Å². The third kappa shape index (κ3) is 3.89. The number of likely N-dealkylation sites (N-methyl/N-ethyl adjacent to an activating group) is 1. The van der Waals surface area contributed by atoms with Gasteiger partial charge in [0.1, 0.15) is 0 Å².